The number of ether oxygens (including phenoxy) is 1. The Kier molecular flexibility index (Phi) is 7.64. The molecule has 2 saturated carbocycles. The van der Waals surface area contributed by atoms with Gasteiger partial charge in [-0.3, -0.25) is 14.3 Å². The number of hydrogen-bond acceptors (Lipinski definition) is 6. The van der Waals surface area contributed by atoms with Crippen LogP contribution in [0.1, 0.15) is 65.1 Å². The van der Waals surface area contributed by atoms with E-state index in [0.717, 1.165) is 30.4 Å². The summed E-state index contributed by atoms with van der Waals surface area (Å²) in [6.45, 7) is 1.48. The number of hydrogen-bond donors (Lipinski definition) is 3. The molecule has 0 radical (unpaired) electrons. The number of rotatable bonds is 10. The van der Waals surface area contributed by atoms with Crippen molar-refractivity contribution in [2.75, 3.05) is 13.2 Å². The van der Waals surface area contributed by atoms with Crippen molar-refractivity contribution in [3.63, 3.8) is 0 Å². The molecule has 1 atom stereocenters. The van der Waals surface area contributed by atoms with E-state index in [1.54, 1.807) is 13.0 Å². The highest BCUT2D eigenvalue weighted by molar-refractivity contribution is 9.10. The molecule has 0 spiro atoms. The molecule has 4 aromatic rings. The van der Waals surface area contributed by atoms with E-state index in [9.17, 15) is 19.1 Å². The molecule has 2 amide bonds. The standard InChI is InChI=1S/C30H27BrClF2N5O4/c1-2-43-27-19(28(35)40)11-22(37-26(27)18-7-8-21(33)23(31)24(18)34)30(42,16-3-4-16)13-36-29(41)14-9-15-12-39(17-5-6-17)38-25(15)20(32)10-14/h7-12,16-17,42H,2-6,13H2,1H3,(H2,35,40)(H,36,41)/t30-/m1/s1. The third-order valence-corrected chi connectivity index (χ3v) is 8.81. The van der Waals surface area contributed by atoms with Crippen LogP contribution >= 0.6 is 27.5 Å². The summed E-state index contributed by atoms with van der Waals surface area (Å²) in [4.78, 5) is 30.4. The lowest BCUT2D eigenvalue weighted by molar-refractivity contribution is 0.00946. The number of pyridine rings is 1. The largest absolute Gasteiger partial charge is 0.491 e. The molecule has 2 aromatic carbocycles. The van der Waals surface area contributed by atoms with E-state index in [1.165, 1.54) is 12.1 Å². The molecule has 2 fully saturated rings. The first-order valence-corrected chi connectivity index (χ1v) is 15.0. The molecule has 6 rings (SSSR count). The molecule has 2 aliphatic rings. The fraction of sp³-hybridized carbons (Fsp3) is 0.333. The van der Waals surface area contributed by atoms with Crippen molar-refractivity contribution in [1.29, 1.82) is 0 Å². The first-order chi connectivity index (χ1) is 20.5. The quantitative estimate of drug-likeness (QED) is 0.186. The van der Waals surface area contributed by atoms with Crippen molar-refractivity contribution < 1.29 is 28.2 Å². The number of halogens is 4. The number of fused-ring (bicyclic) bond motifs is 1. The third-order valence-electron chi connectivity index (χ3n) is 7.80. The Balaban J connectivity index is 1.37. The van der Waals surface area contributed by atoms with Gasteiger partial charge in [0, 0.05) is 22.7 Å². The van der Waals surface area contributed by atoms with E-state index in [0.29, 0.717) is 29.4 Å². The molecular weight excluding hydrogens is 648 g/mol. The fourth-order valence-corrected chi connectivity index (χ4v) is 5.82. The molecule has 2 aromatic heterocycles. The summed E-state index contributed by atoms with van der Waals surface area (Å²) < 4.78 is 36.5. The highest BCUT2D eigenvalue weighted by Gasteiger charge is 2.47. The van der Waals surface area contributed by atoms with Crippen LogP contribution in [0.3, 0.4) is 0 Å². The predicted molar refractivity (Wildman–Crippen MR) is 159 cm³/mol. The van der Waals surface area contributed by atoms with Gasteiger partial charge < -0.3 is 20.9 Å². The summed E-state index contributed by atoms with van der Waals surface area (Å²) in [5.74, 6) is -3.61. The summed E-state index contributed by atoms with van der Waals surface area (Å²) in [5.41, 5.74) is 4.36. The number of nitrogens with one attached hydrogen (secondary N) is 1. The van der Waals surface area contributed by atoms with Gasteiger partial charge in [-0.1, -0.05) is 11.6 Å². The zero-order chi connectivity index (χ0) is 30.6. The van der Waals surface area contributed by atoms with Crippen molar-refractivity contribution in [1.82, 2.24) is 20.1 Å². The first-order valence-electron chi connectivity index (χ1n) is 13.8. The van der Waals surface area contributed by atoms with Crippen LogP contribution in [-0.4, -0.2) is 44.8 Å². The number of nitrogens with two attached hydrogens (primary N) is 1. The Morgan fingerprint density at radius 3 is 2.63 bits per heavy atom. The Morgan fingerprint density at radius 2 is 1.98 bits per heavy atom. The second-order valence-corrected chi connectivity index (χ2v) is 12.1. The predicted octanol–water partition coefficient (Wildman–Crippen LogP) is 5.65. The van der Waals surface area contributed by atoms with Gasteiger partial charge in [0.05, 0.1) is 39.9 Å². The van der Waals surface area contributed by atoms with Crippen LogP contribution in [0.15, 0.2) is 41.0 Å². The highest BCUT2D eigenvalue weighted by atomic mass is 79.9. The third kappa shape index (κ3) is 5.47. The maximum absolute atomic E-state index is 15.3. The molecule has 0 saturated heterocycles. The normalized spacial score (nSPS) is 16.2. The second-order valence-electron chi connectivity index (χ2n) is 10.9. The minimum Gasteiger partial charge on any atom is -0.491 e. The zero-order valence-corrected chi connectivity index (χ0v) is 25.3. The maximum Gasteiger partial charge on any atom is 0.252 e. The van der Waals surface area contributed by atoms with Gasteiger partial charge in [-0.05, 0) is 84.8 Å². The second kappa shape index (κ2) is 11.1. The maximum atomic E-state index is 15.3. The minimum atomic E-state index is -1.75. The SMILES string of the molecule is CCOc1c(C(N)=O)cc([C@@](O)(CNC(=O)c2cc(Cl)c3nn(C4CC4)cc3c2)C2CC2)nc1-c1ccc(F)c(Br)c1F. The summed E-state index contributed by atoms with van der Waals surface area (Å²) in [7, 11) is 0. The number of nitrogens with zero attached hydrogens (tertiary/aromatic N) is 3. The van der Waals surface area contributed by atoms with Crippen molar-refractivity contribution in [2.24, 2.45) is 11.7 Å². The molecule has 0 unspecified atom stereocenters. The van der Waals surface area contributed by atoms with Gasteiger partial charge in [0.15, 0.2) is 5.75 Å². The number of aromatic nitrogens is 3. The average molecular weight is 675 g/mol. The molecule has 2 heterocycles. The number of aliphatic hydroxyl groups is 1. The number of carbonyl (C=O) groups is 2. The molecule has 0 aliphatic heterocycles. The van der Waals surface area contributed by atoms with Crippen molar-refractivity contribution in [3.8, 4) is 17.0 Å². The molecule has 9 nitrogen and oxygen atoms in total. The van der Waals surface area contributed by atoms with Crippen LogP contribution in [0, 0.1) is 17.6 Å². The van der Waals surface area contributed by atoms with Crippen LogP contribution in [0.4, 0.5) is 8.78 Å². The molecule has 2 aliphatic carbocycles. The lowest BCUT2D eigenvalue weighted by atomic mass is 9.90. The van der Waals surface area contributed by atoms with Crippen LogP contribution in [-0.2, 0) is 5.60 Å². The van der Waals surface area contributed by atoms with E-state index in [2.05, 4.69) is 31.3 Å². The van der Waals surface area contributed by atoms with Crippen LogP contribution in [0.2, 0.25) is 5.02 Å². The van der Waals surface area contributed by atoms with Crippen LogP contribution in [0.25, 0.3) is 22.2 Å². The molecule has 13 heteroatoms. The number of amides is 2. The summed E-state index contributed by atoms with van der Waals surface area (Å²) in [6.07, 6.45) is 5.19. The van der Waals surface area contributed by atoms with E-state index >= 15 is 4.39 Å². The van der Waals surface area contributed by atoms with Gasteiger partial charge in [-0.25, -0.2) is 13.8 Å². The average Bonchev–Trinajstić information content (AvgIpc) is 3.92. The van der Waals surface area contributed by atoms with Gasteiger partial charge in [-0.2, -0.15) is 5.10 Å². The van der Waals surface area contributed by atoms with Gasteiger partial charge in [-0.15, -0.1) is 0 Å². The lowest BCUT2D eigenvalue weighted by Crippen LogP contribution is -2.43. The van der Waals surface area contributed by atoms with Crippen molar-refractivity contribution in [3.05, 3.63) is 74.5 Å². The smallest absolute Gasteiger partial charge is 0.252 e. The summed E-state index contributed by atoms with van der Waals surface area (Å²) in [6, 6.07) is 7.06. The molecule has 4 N–H and O–H groups in total. The number of benzene rings is 2. The molecule has 43 heavy (non-hydrogen) atoms. The summed E-state index contributed by atoms with van der Waals surface area (Å²) in [5, 5.41) is 20.4. The lowest BCUT2D eigenvalue weighted by Gasteiger charge is -2.29. The molecule has 0 bridgehead atoms. The fourth-order valence-electron chi connectivity index (χ4n) is 5.21. The monoisotopic (exact) mass is 673 g/mol. The number of carbonyl (C=O) groups excluding carboxylic acids is 2. The van der Waals surface area contributed by atoms with E-state index < -0.39 is 33.5 Å². The topological polar surface area (TPSA) is 132 Å². The van der Waals surface area contributed by atoms with Gasteiger partial charge in [0.2, 0.25) is 0 Å². The van der Waals surface area contributed by atoms with Crippen LogP contribution < -0.4 is 15.8 Å². The Bertz CT molecular complexity index is 1790. The van der Waals surface area contributed by atoms with Crippen LogP contribution in [0.5, 0.6) is 5.75 Å². The highest BCUT2D eigenvalue weighted by Crippen LogP contribution is 2.47. The Labute approximate surface area is 258 Å². The zero-order valence-electron chi connectivity index (χ0n) is 23.0. The summed E-state index contributed by atoms with van der Waals surface area (Å²) >= 11 is 9.36. The van der Waals surface area contributed by atoms with Gasteiger partial charge in [0.1, 0.15) is 28.4 Å². The van der Waals surface area contributed by atoms with E-state index in [4.69, 9.17) is 22.1 Å². The molecule has 224 valence electrons. The first kappa shape index (κ1) is 29.5. The Morgan fingerprint density at radius 1 is 1.23 bits per heavy atom. The molecular formula is C30H27BrClF2N5O4. The van der Waals surface area contributed by atoms with Crippen molar-refractivity contribution in [2.45, 2.75) is 44.2 Å². The van der Waals surface area contributed by atoms with Gasteiger partial charge in [0.25, 0.3) is 11.8 Å². The van der Waals surface area contributed by atoms with E-state index in [-0.39, 0.29) is 52.9 Å². The number of primary amides is 1. The van der Waals surface area contributed by atoms with Crippen molar-refractivity contribution >= 4 is 50.2 Å². The Hall–Kier alpha value is -3.61. The van der Waals surface area contributed by atoms with E-state index in [1.807, 2.05) is 10.9 Å². The minimum absolute atomic E-state index is 0.0124. The van der Waals surface area contributed by atoms with Gasteiger partial charge >= 0.3 is 0 Å².